The van der Waals surface area contributed by atoms with Crippen LogP contribution in [0.25, 0.3) is 0 Å². The summed E-state index contributed by atoms with van der Waals surface area (Å²) < 4.78 is 10.4. The molecule has 142 valence electrons. The Balaban J connectivity index is 2.82. The summed E-state index contributed by atoms with van der Waals surface area (Å²) in [6, 6.07) is 8.31. The van der Waals surface area contributed by atoms with Crippen molar-refractivity contribution in [1.29, 1.82) is 5.26 Å². The summed E-state index contributed by atoms with van der Waals surface area (Å²) in [5.41, 5.74) is 0.848. The minimum absolute atomic E-state index is 0.206. The topological polar surface area (TPSA) is 99.4 Å². The zero-order valence-corrected chi connectivity index (χ0v) is 17.3. The number of hydrogen-bond acceptors (Lipinski definition) is 4. The number of alkyl carbamates (subject to hydrolysis) is 1. The molecule has 0 radical (unpaired) electrons. The normalized spacial score (nSPS) is 12.0. The standard InChI is InChI=1S/C19H25IN2O4/c1-4-19(5-2,13-20-3)26-18(25)22-16(11-17(23)24)10-14-6-8-15(12-21)9-7-14/h6-9,16H,3-5,10-11,13H2,1-2H3,(H,22,25)(H,23,24)/t16-/m0/s1. The highest BCUT2D eigenvalue weighted by Crippen LogP contribution is 2.25. The molecule has 0 unspecified atom stereocenters. The van der Waals surface area contributed by atoms with Gasteiger partial charge in [-0.2, -0.15) is 5.26 Å². The summed E-state index contributed by atoms with van der Waals surface area (Å²) in [5.74, 6) is -0.996. The van der Waals surface area contributed by atoms with E-state index >= 15 is 0 Å². The lowest BCUT2D eigenvalue weighted by atomic mass is 10.0. The number of carboxylic acid groups (broad SMARTS) is 1. The molecule has 1 amide bonds. The molecule has 0 saturated carbocycles. The smallest absolute Gasteiger partial charge is 0.407 e. The second-order valence-electron chi connectivity index (χ2n) is 6.05. The molecule has 0 bridgehead atoms. The van der Waals surface area contributed by atoms with Gasteiger partial charge < -0.3 is 15.2 Å². The molecule has 2 N–H and O–H groups in total. The first kappa shape index (κ1) is 22.1. The van der Waals surface area contributed by atoms with Gasteiger partial charge in [-0.3, -0.25) is 4.79 Å². The number of amides is 1. The molecule has 1 aromatic carbocycles. The average Bonchev–Trinajstić information content (AvgIpc) is 2.61. The van der Waals surface area contributed by atoms with Gasteiger partial charge in [0.25, 0.3) is 0 Å². The number of carboxylic acids is 1. The molecule has 0 aromatic heterocycles. The van der Waals surface area contributed by atoms with E-state index in [4.69, 9.17) is 15.1 Å². The molecule has 1 atom stereocenters. The predicted molar refractivity (Wildman–Crippen MR) is 110 cm³/mol. The van der Waals surface area contributed by atoms with Crippen molar-refractivity contribution >= 4 is 37.3 Å². The predicted octanol–water partition coefficient (Wildman–Crippen LogP) is 3.63. The van der Waals surface area contributed by atoms with Gasteiger partial charge in [0.05, 0.1) is 18.1 Å². The van der Waals surface area contributed by atoms with Gasteiger partial charge in [0, 0.05) is 10.5 Å². The monoisotopic (exact) mass is 472 g/mol. The molecule has 7 heteroatoms. The van der Waals surface area contributed by atoms with Crippen molar-refractivity contribution < 1.29 is 19.4 Å². The number of ether oxygens (including phenoxy) is 1. The molecular formula is C19H25IN2O4. The van der Waals surface area contributed by atoms with Crippen LogP contribution in [0, 0.1) is 11.3 Å². The van der Waals surface area contributed by atoms with Crippen molar-refractivity contribution in [2.45, 2.75) is 51.2 Å². The van der Waals surface area contributed by atoms with Crippen LogP contribution in [-0.4, -0.2) is 37.8 Å². The number of hydrogen-bond donors (Lipinski definition) is 2. The SMILES string of the molecule is C=ICC(CC)(CC)OC(=O)N[C@H](CC(=O)O)Cc1ccc(C#N)cc1. The number of aliphatic carboxylic acids is 1. The van der Waals surface area contributed by atoms with Crippen LogP contribution in [0.4, 0.5) is 4.79 Å². The Bertz CT molecular complexity index is 663. The van der Waals surface area contributed by atoms with Crippen molar-refractivity contribution in [2.75, 3.05) is 4.43 Å². The van der Waals surface area contributed by atoms with Gasteiger partial charge in [-0.25, -0.2) is 4.79 Å². The third kappa shape index (κ3) is 7.12. The number of benzene rings is 1. The van der Waals surface area contributed by atoms with E-state index in [1.165, 1.54) is 0 Å². The summed E-state index contributed by atoms with van der Waals surface area (Å²) in [5, 5.41) is 20.7. The van der Waals surface area contributed by atoms with Crippen LogP contribution in [-0.2, 0) is 16.0 Å². The summed E-state index contributed by atoms with van der Waals surface area (Å²) >= 11 is -0.283. The second kappa shape index (κ2) is 10.9. The largest absolute Gasteiger partial charge is 0.481 e. The Morgan fingerprint density at radius 1 is 1.35 bits per heavy atom. The fourth-order valence-electron chi connectivity index (χ4n) is 2.56. The van der Waals surface area contributed by atoms with Crippen LogP contribution in [0.3, 0.4) is 0 Å². The Morgan fingerprint density at radius 3 is 2.42 bits per heavy atom. The third-order valence-corrected chi connectivity index (χ3v) is 6.17. The van der Waals surface area contributed by atoms with Gasteiger partial charge in [0.1, 0.15) is 5.60 Å². The van der Waals surface area contributed by atoms with E-state index in [1.807, 2.05) is 19.9 Å². The first-order valence-electron chi connectivity index (χ1n) is 8.41. The Labute approximate surface area is 164 Å². The van der Waals surface area contributed by atoms with Gasteiger partial charge in [-0.05, 0) is 37.0 Å². The number of nitrogens with zero attached hydrogens (tertiary/aromatic N) is 1. The summed E-state index contributed by atoms with van der Waals surface area (Å²) in [6.45, 7) is 3.95. The molecule has 0 aliphatic carbocycles. The van der Waals surface area contributed by atoms with E-state index in [2.05, 4.69) is 9.83 Å². The van der Waals surface area contributed by atoms with Crippen LogP contribution < -0.4 is 5.32 Å². The number of carbonyl (C=O) groups is 2. The van der Waals surface area contributed by atoms with Crippen molar-refractivity contribution in [3.63, 3.8) is 0 Å². The quantitative estimate of drug-likeness (QED) is 0.400. The zero-order chi connectivity index (χ0) is 19.6. The highest BCUT2D eigenvalue weighted by Gasteiger charge is 2.30. The van der Waals surface area contributed by atoms with E-state index in [0.29, 0.717) is 24.8 Å². The van der Waals surface area contributed by atoms with Gasteiger partial charge >= 0.3 is 12.1 Å². The maximum atomic E-state index is 12.4. The van der Waals surface area contributed by atoms with E-state index in [9.17, 15) is 9.59 Å². The fourth-order valence-corrected chi connectivity index (χ4v) is 4.78. The lowest BCUT2D eigenvalue weighted by Gasteiger charge is -2.31. The number of halogens is 1. The average molecular weight is 472 g/mol. The lowest BCUT2D eigenvalue weighted by molar-refractivity contribution is -0.137. The molecule has 0 saturated heterocycles. The Morgan fingerprint density at radius 2 is 1.96 bits per heavy atom. The number of alkyl halides is 1. The Kier molecular flexibility index (Phi) is 9.27. The molecule has 6 nitrogen and oxygen atoms in total. The first-order chi connectivity index (χ1) is 12.4. The van der Waals surface area contributed by atoms with E-state index in [1.54, 1.807) is 24.3 Å². The van der Waals surface area contributed by atoms with Crippen LogP contribution in [0.5, 0.6) is 0 Å². The number of nitriles is 1. The first-order valence-corrected chi connectivity index (χ1v) is 11.5. The summed E-state index contributed by atoms with van der Waals surface area (Å²) in [7, 11) is 0. The third-order valence-electron chi connectivity index (χ3n) is 4.24. The molecular weight excluding hydrogens is 447 g/mol. The summed E-state index contributed by atoms with van der Waals surface area (Å²) in [4.78, 5) is 23.5. The molecule has 1 rings (SSSR count). The van der Waals surface area contributed by atoms with E-state index in [0.717, 1.165) is 9.99 Å². The lowest BCUT2D eigenvalue weighted by Crippen LogP contribution is -2.44. The van der Waals surface area contributed by atoms with Gasteiger partial charge in [0.15, 0.2) is 0 Å². The molecule has 0 heterocycles. The molecule has 0 spiro atoms. The highest BCUT2D eigenvalue weighted by molar-refractivity contribution is 14.2. The van der Waals surface area contributed by atoms with Crippen molar-refractivity contribution in [3.8, 4) is 6.07 Å². The van der Waals surface area contributed by atoms with E-state index in [-0.39, 0.29) is 27.2 Å². The van der Waals surface area contributed by atoms with Gasteiger partial charge in [0.2, 0.25) is 0 Å². The molecule has 0 fully saturated rings. The van der Waals surface area contributed by atoms with Crippen LogP contribution in [0.2, 0.25) is 0 Å². The van der Waals surface area contributed by atoms with Crippen LogP contribution in [0.1, 0.15) is 44.2 Å². The van der Waals surface area contributed by atoms with E-state index < -0.39 is 23.7 Å². The van der Waals surface area contributed by atoms with Gasteiger partial charge in [-0.1, -0.05) is 30.5 Å². The van der Waals surface area contributed by atoms with Crippen LogP contribution in [0.15, 0.2) is 24.3 Å². The minimum atomic E-state index is -0.996. The second-order valence-corrected chi connectivity index (χ2v) is 7.90. The molecule has 26 heavy (non-hydrogen) atoms. The number of carbonyl (C=O) groups excluding carboxylic acids is 1. The van der Waals surface area contributed by atoms with Crippen molar-refractivity contribution in [1.82, 2.24) is 5.32 Å². The van der Waals surface area contributed by atoms with Crippen molar-refractivity contribution in [3.05, 3.63) is 35.4 Å². The minimum Gasteiger partial charge on any atom is -0.481 e. The van der Waals surface area contributed by atoms with Crippen molar-refractivity contribution in [2.24, 2.45) is 0 Å². The highest BCUT2D eigenvalue weighted by atomic mass is 127. The maximum absolute atomic E-state index is 12.4. The Hall–Kier alpha value is -1.95. The van der Waals surface area contributed by atoms with Crippen LogP contribution >= 0.6 is 20.7 Å². The summed E-state index contributed by atoms with van der Waals surface area (Å²) in [6.07, 6.45) is 0.950. The maximum Gasteiger partial charge on any atom is 0.407 e. The fraction of sp³-hybridized carbons (Fsp3) is 0.474. The van der Waals surface area contributed by atoms with Gasteiger partial charge in [-0.15, -0.1) is 20.7 Å². The molecule has 0 aliphatic rings. The number of rotatable bonds is 10. The molecule has 0 aliphatic heterocycles. The zero-order valence-electron chi connectivity index (χ0n) is 15.1. The molecule has 1 aromatic rings. The number of nitrogens with one attached hydrogen (secondary N) is 1.